The summed E-state index contributed by atoms with van der Waals surface area (Å²) in [4.78, 5) is 16.8. The number of carbonyl (C=O) groups is 1. The van der Waals surface area contributed by atoms with Crippen LogP contribution in [0.2, 0.25) is 0 Å². The van der Waals surface area contributed by atoms with Crippen LogP contribution in [-0.4, -0.2) is 61.3 Å². The first-order valence-corrected chi connectivity index (χ1v) is 8.63. The molecule has 21 heavy (non-hydrogen) atoms. The van der Waals surface area contributed by atoms with Crippen molar-refractivity contribution in [1.29, 1.82) is 0 Å². The number of amides is 2. The molecule has 3 heterocycles. The van der Waals surface area contributed by atoms with Crippen molar-refractivity contribution in [2.75, 3.05) is 39.4 Å². The number of likely N-dealkylation sites (tertiary alicyclic amines) is 1. The van der Waals surface area contributed by atoms with Gasteiger partial charge in [-0.25, -0.2) is 4.79 Å². The Morgan fingerprint density at radius 1 is 1.38 bits per heavy atom. The minimum absolute atomic E-state index is 0.0805. The van der Waals surface area contributed by atoms with E-state index in [1.54, 1.807) is 11.3 Å². The van der Waals surface area contributed by atoms with E-state index >= 15 is 0 Å². The topological polar surface area (TPSA) is 44.8 Å². The van der Waals surface area contributed by atoms with Crippen LogP contribution >= 0.6 is 11.3 Å². The smallest absolute Gasteiger partial charge is 0.317 e. The molecule has 5 nitrogen and oxygen atoms in total. The molecule has 0 aromatic carbocycles. The third-order valence-corrected chi connectivity index (χ3v) is 4.97. The Hall–Kier alpha value is -1.11. The molecule has 0 saturated carbocycles. The van der Waals surface area contributed by atoms with Gasteiger partial charge in [0, 0.05) is 38.8 Å². The normalized spacial score (nSPS) is 23.4. The van der Waals surface area contributed by atoms with E-state index in [2.05, 4.69) is 21.7 Å². The number of hydrogen-bond donors (Lipinski definition) is 1. The van der Waals surface area contributed by atoms with Crippen LogP contribution in [0.1, 0.15) is 18.4 Å². The van der Waals surface area contributed by atoms with Gasteiger partial charge in [-0.05, 0) is 35.2 Å². The summed E-state index contributed by atoms with van der Waals surface area (Å²) in [5.41, 5.74) is 1.18. The van der Waals surface area contributed by atoms with Crippen LogP contribution < -0.4 is 5.32 Å². The van der Waals surface area contributed by atoms with Gasteiger partial charge in [0.1, 0.15) is 0 Å². The van der Waals surface area contributed by atoms with E-state index in [0.29, 0.717) is 12.6 Å². The largest absolute Gasteiger partial charge is 0.379 e. The average molecular weight is 309 g/mol. The molecule has 2 amide bonds. The Morgan fingerprint density at radius 3 is 3.00 bits per heavy atom. The van der Waals surface area contributed by atoms with Crippen molar-refractivity contribution in [1.82, 2.24) is 15.1 Å². The van der Waals surface area contributed by atoms with Gasteiger partial charge in [-0.15, -0.1) is 0 Å². The highest BCUT2D eigenvalue weighted by Gasteiger charge is 2.30. The van der Waals surface area contributed by atoms with Crippen LogP contribution in [0.4, 0.5) is 4.79 Å². The zero-order valence-corrected chi connectivity index (χ0v) is 13.1. The number of ether oxygens (including phenoxy) is 1. The number of rotatable bonds is 4. The number of urea groups is 1. The lowest BCUT2D eigenvalue weighted by Crippen LogP contribution is -2.49. The predicted molar refractivity (Wildman–Crippen MR) is 83.5 cm³/mol. The SMILES string of the molecule is O=C(NCc1ccsc1)N1CCC[C@@H]1CN1CCOCC1. The van der Waals surface area contributed by atoms with E-state index in [4.69, 9.17) is 4.74 Å². The molecule has 0 radical (unpaired) electrons. The molecule has 2 aliphatic heterocycles. The van der Waals surface area contributed by atoms with E-state index in [-0.39, 0.29) is 6.03 Å². The molecule has 1 aromatic heterocycles. The number of thiophene rings is 1. The van der Waals surface area contributed by atoms with Crippen molar-refractivity contribution in [2.24, 2.45) is 0 Å². The molecule has 0 bridgehead atoms. The molecule has 0 unspecified atom stereocenters. The second-order valence-electron chi connectivity index (χ2n) is 5.69. The van der Waals surface area contributed by atoms with Crippen LogP contribution in [0.3, 0.4) is 0 Å². The zero-order valence-electron chi connectivity index (χ0n) is 12.3. The summed E-state index contributed by atoms with van der Waals surface area (Å²) in [7, 11) is 0. The summed E-state index contributed by atoms with van der Waals surface area (Å²) in [6.45, 7) is 6.10. The van der Waals surface area contributed by atoms with Crippen LogP contribution in [0.5, 0.6) is 0 Å². The quantitative estimate of drug-likeness (QED) is 0.922. The maximum absolute atomic E-state index is 12.4. The van der Waals surface area contributed by atoms with E-state index in [1.807, 2.05) is 10.3 Å². The second-order valence-corrected chi connectivity index (χ2v) is 6.47. The maximum Gasteiger partial charge on any atom is 0.317 e. The van der Waals surface area contributed by atoms with Crippen molar-refractivity contribution in [3.63, 3.8) is 0 Å². The molecule has 1 N–H and O–H groups in total. The summed E-state index contributed by atoms with van der Waals surface area (Å²) in [6.07, 6.45) is 2.23. The van der Waals surface area contributed by atoms with Gasteiger partial charge in [-0.2, -0.15) is 11.3 Å². The minimum Gasteiger partial charge on any atom is -0.379 e. The molecule has 1 atom stereocenters. The van der Waals surface area contributed by atoms with Crippen LogP contribution in [0, 0.1) is 0 Å². The van der Waals surface area contributed by atoms with Crippen LogP contribution in [0.25, 0.3) is 0 Å². The number of carbonyl (C=O) groups excluding carboxylic acids is 1. The highest BCUT2D eigenvalue weighted by molar-refractivity contribution is 7.07. The molecule has 116 valence electrons. The van der Waals surface area contributed by atoms with Gasteiger partial charge in [0.25, 0.3) is 0 Å². The summed E-state index contributed by atoms with van der Waals surface area (Å²) in [6, 6.07) is 2.49. The van der Waals surface area contributed by atoms with Crippen LogP contribution in [0.15, 0.2) is 16.8 Å². The molecule has 2 saturated heterocycles. The molecule has 2 aliphatic rings. The Kier molecular flexibility index (Phi) is 5.11. The van der Waals surface area contributed by atoms with E-state index < -0.39 is 0 Å². The zero-order chi connectivity index (χ0) is 14.5. The fourth-order valence-electron chi connectivity index (χ4n) is 3.05. The van der Waals surface area contributed by atoms with Gasteiger partial charge in [-0.1, -0.05) is 0 Å². The number of nitrogens with zero attached hydrogens (tertiary/aromatic N) is 2. The van der Waals surface area contributed by atoms with Gasteiger partial charge < -0.3 is 15.0 Å². The third-order valence-electron chi connectivity index (χ3n) is 4.23. The summed E-state index contributed by atoms with van der Waals surface area (Å²) < 4.78 is 5.38. The van der Waals surface area contributed by atoms with Crippen molar-refractivity contribution in [3.8, 4) is 0 Å². The first-order chi connectivity index (χ1) is 10.3. The first kappa shape index (κ1) is 14.8. The molecule has 2 fully saturated rings. The number of nitrogens with one attached hydrogen (secondary N) is 1. The van der Waals surface area contributed by atoms with Crippen molar-refractivity contribution < 1.29 is 9.53 Å². The predicted octanol–water partition coefficient (Wildman–Crippen LogP) is 1.75. The highest BCUT2D eigenvalue weighted by Crippen LogP contribution is 2.19. The van der Waals surface area contributed by atoms with Crippen LogP contribution in [-0.2, 0) is 11.3 Å². The molecular formula is C15H23N3O2S. The van der Waals surface area contributed by atoms with Gasteiger partial charge in [-0.3, -0.25) is 4.90 Å². The second kappa shape index (κ2) is 7.24. The van der Waals surface area contributed by atoms with Gasteiger partial charge >= 0.3 is 6.03 Å². The lowest BCUT2D eigenvalue weighted by atomic mass is 10.2. The average Bonchev–Trinajstić information content (AvgIpc) is 3.17. The molecule has 0 spiro atoms. The van der Waals surface area contributed by atoms with E-state index in [1.165, 1.54) is 5.56 Å². The lowest BCUT2D eigenvalue weighted by Gasteiger charge is -2.32. The molecule has 1 aromatic rings. The fraction of sp³-hybridized carbons (Fsp3) is 0.667. The van der Waals surface area contributed by atoms with Gasteiger partial charge in [0.2, 0.25) is 0 Å². The highest BCUT2D eigenvalue weighted by atomic mass is 32.1. The Labute approximate surface area is 129 Å². The van der Waals surface area contributed by atoms with Crippen molar-refractivity contribution in [3.05, 3.63) is 22.4 Å². The van der Waals surface area contributed by atoms with Crippen molar-refractivity contribution >= 4 is 17.4 Å². The molecule has 0 aliphatic carbocycles. The molecule has 3 rings (SSSR count). The van der Waals surface area contributed by atoms with Gasteiger partial charge in [0.05, 0.1) is 13.2 Å². The maximum atomic E-state index is 12.4. The Morgan fingerprint density at radius 2 is 2.24 bits per heavy atom. The fourth-order valence-corrected chi connectivity index (χ4v) is 3.72. The van der Waals surface area contributed by atoms with Crippen molar-refractivity contribution in [2.45, 2.75) is 25.4 Å². The lowest BCUT2D eigenvalue weighted by molar-refractivity contribution is 0.0292. The summed E-state index contributed by atoms with van der Waals surface area (Å²) in [5.74, 6) is 0. The number of hydrogen-bond acceptors (Lipinski definition) is 4. The standard InChI is InChI=1S/C15H23N3O2S/c19-15(16-10-13-3-9-21-12-13)18-4-1-2-14(18)11-17-5-7-20-8-6-17/h3,9,12,14H,1-2,4-8,10-11H2,(H,16,19)/t14-/m1/s1. The van der Waals surface area contributed by atoms with E-state index in [9.17, 15) is 4.79 Å². The molecule has 6 heteroatoms. The monoisotopic (exact) mass is 309 g/mol. The first-order valence-electron chi connectivity index (χ1n) is 7.68. The summed E-state index contributed by atoms with van der Waals surface area (Å²) in [5, 5.41) is 7.16. The minimum atomic E-state index is 0.0805. The molecular weight excluding hydrogens is 286 g/mol. The third kappa shape index (κ3) is 3.96. The van der Waals surface area contributed by atoms with Gasteiger partial charge in [0.15, 0.2) is 0 Å². The Balaban J connectivity index is 1.49. The van der Waals surface area contributed by atoms with E-state index in [0.717, 1.165) is 52.2 Å². The number of morpholine rings is 1. The summed E-state index contributed by atoms with van der Waals surface area (Å²) >= 11 is 1.66. The Bertz CT molecular complexity index is 446.